The van der Waals surface area contributed by atoms with Crippen molar-refractivity contribution in [3.05, 3.63) is 5.32 Å². The van der Waals surface area contributed by atoms with E-state index in [2.05, 4.69) is 19.2 Å². The summed E-state index contributed by atoms with van der Waals surface area (Å²) in [5.41, 5.74) is 0. The fourth-order valence-corrected chi connectivity index (χ4v) is 1.65. The smallest absolute Gasteiger partial charge is 1.00 e. The summed E-state index contributed by atoms with van der Waals surface area (Å²) in [4.78, 5) is 0. The number of hydrogen-bond acceptors (Lipinski definition) is 0. The fourth-order valence-electron chi connectivity index (χ4n) is 1.65. The van der Waals surface area contributed by atoms with Crippen LogP contribution < -0.4 is 17.0 Å². The maximum Gasteiger partial charge on any atom is 2.00 e. The van der Waals surface area contributed by atoms with Gasteiger partial charge in [0.1, 0.15) is 0 Å². The van der Waals surface area contributed by atoms with Crippen LogP contribution in [0, 0.1) is 0 Å². The van der Waals surface area contributed by atoms with Gasteiger partial charge in [0.25, 0.3) is 0 Å². The van der Waals surface area contributed by atoms with Gasteiger partial charge in [0.2, 0.25) is 0 Å². The Morgan fingerprint density at radius 1 is 1.08 bits per heavy atom. The maximum absolute atomic E-state index is 4.64. The van der Waals surface area contributed by atoms with Crippen molar-refractivity contribution in [2.45, 2.75) is 58.0 Å². The molecular formula is C9H18BrMgN. The van der Waals surface area contributed by atoms with Crippen LogP contribution in [0.25, 0.3) is 5.32 Å². The van der Waals surface area contributed by atoms with E-state index in [-0.39, 0.29) is 40.0 Å². The standard InChI is InChI=1S/C9H18N.BrH.Mg/c1-8(2)10-9-6-4-3-5-7-9;;/h8-9H,3-7H2,1-2H3;1H;/q-1;;+2/p-1. The van der Waals surface area contributed by atoms with Crippen molar-refractivity contribution >= 4 is 23.1 Å². The Balaban J connectivity index is 0. The zero-order valence-electron chi connectivity index (χ0n) is 8.22. The van der Waals surface area contributed by atoms with Gasteiger partial charge >= 0.3 is 23.1 Å². The molecular weight excluding hydrogens is 226 g/mol. The monoisotopic (exact) mass is 243 g/mol. The Labute approximate surface area is 103 Å². The molecule has 1 rings (SSSR count). The van der Waals surface area contributed by atoms with Gasteiger partial charge in [-0.15, -0.1) is 12.1 Å². The van der Waals surface area contributed by atoms with Crippen LogP contribution in [0.3, 0.4) is 0 Å². The number of nitrogens with zero attached hydrogens (tertiary/aromatic N) is 1. The van der Waals surface area contributed by atoms with Crippen LogP contribution in [-0.2, 0) is 0 Å². The largest absolute Gasteiger partial charge is 2.00 e. The molecule has 12 heavy (non-hydrogen) atoms. The van der Waals surface area contributed by atoms with E-state index in [9.17, 15) is 0 Å². The predicted molar refractivity (Wildman–Crippen MR) is 51.1 cm³/mol. The van der Waals surface area contributed by atoms with Crippen LogP contribution in [0.1, 0.15) is 46.0 Å². The van der Waals surface area contributed by atoms with E-state index in [0.29, 0.717) is 12.1 Å². The second-order valence-corrected chi connectivity index (χ2v) is 3.53. The molecule has 0 atom stereocenters. The van der Waals surface area contributed by atoms with Crippen molar-refractivity contribution in [2.24, 2.45) is 0 Å². The van der Waals surface area contributed by atoms with Crippen molar-refractivity contribution in [1.82, 2.24) is 0 Å². The molecule has 0 saturated heterocycles. The van der Waals surface area contributed by atoms with Crippen LogP contribution in [-0.4, -0.2) is 35.1 Å². The molecule has 0 aromatic rings. The van der Waals surface area contributed by atoms with E-state index in [1.165, 1.54) is 32.1 Å². The summed E-state index contributed by atoms with van der Waals surface area (Å²) in [6, 6.07) is 1.25. The average molecular weight is 244 g/mol. The van der Waals surface area contributed by atoms with Crippen LogP contribution in [0.5, 0.6) is 0 Å². The third kappa shape index (κ3) is 6.69. The molecule has 0 aromatic heterocycles. The van der Waals surface area contributed by atoms with E-state index in [1.807, 2.05) is 0 Å². The molecule has 1 nitrogen and oxygen atoms in total. The first-order valence-corrected chi connectivity index (χ1v) is 4.49. The Hall–Kier alpha value is 1.21. The molecule has 1 fully saturated rings. The van der Waals surface area contributed by atoms with Gasteiger partial charge in [-0.25, -0.2) is 0 Å². The van der Waals surface area contributed by atoms with Crippen LogP contribution in [0.4, 0.5) is 0 Å². The summed E-state index contributed by atoms with van der Waals surface area (Å²) in [6.07, 6.45) is 6.93. The minimum absolute atomic E-state index is 0. The number of halogens is 1. The maximum atomic E-state index is 4.64. The minimum atomic E-state index is 0. The molecule has 0 bridgehead atoms. The zero-order chi connectivity index (χ0) is 7.40. The van der Waals surface area contributed by atoms with E-state index in [4.69, 9.17) is 0 Å². The van der Waals surface area contributed by atoms with Crippen LogP contribution in [0.2, 0.25) is 0 Å². The van der Waals surface area contributed by atoms with Crippen LogP contribution in [0.15, 0.2) is 0 Å². The van der Waals surface area contributed by atoms with Crippen molar-refractivity contribution < 1.29 is 17.0 Å². The summed E-state index contributed by atoms with van der Waals surface area (Å²) in [5, 5.41) is 4.64. The van der Waals surface area contributed by atoms with Crippen molar-refractivity contribution in [3.8, 4) is 0 Å². The summed E-state index contributed by atoms with van der Waals surface area (Å²) in [7, 11) is 0. The van der Waals surface area contributed by atoms with E-state index in [1.54, 1.807) is 0 Å². The van der Waals surface area contributed by atoms with Gasteiger partial charge in [-0.2, -0.15) is 0 Å². The molecule has 68 valence electrons. The first-order chi connectivity index (χ1) is 4.79. The molecule has 1 aliphatic rings. The van der Waals surface area contributed by atoms with Gasteiger partial charge < -0.3 is 22.3 Å². The molecule has 1 aliphatic carbocycles. The summed E-state index contributed by atoms with van der Waals surface area (Å²) in [5.74, 6) is 0. The first-order valence-electron chi connectivity index (χ1n) is 4.49. The number of rotatable bonds is 2. The Kier molecular flexibility index (Phi) is 11.5. The van der Waals surface area contributed by atoms with Gasteiger partial charge in [0, 0.05) is 0 Å². The van der Waals surface area contributed by atoms with Gasteiger partial charge in [0.15, 0.2) is 0 Å². The third-order valence-electron chi connectivity index (χ3n) is 2.08. The van der Waals surface area contributed by atoms with E-state index in [0.717, 1.165) is 0 Å². The van der Waals surface area contributed by atoms with Crippen molar-refractivity contribution in [1.29, 1.82) is 0 Å². The van der Waals surface area contributed by atoms with Gasteiger partial charge in [-0.05, 0) is 0 Å². The van der Waals surface area contributed by atoms with E-state index >= 15 is 0 Å². The molecule has 0 unspecified atom stereocenters. The minimum Gasteiger partial charge on any atom is -1.00 e. The quantitative estimate of drug-likeness (QED) is 0.594. The molecule has 1 saturated carbocycles. The summed E-state index contributed by atoms with van der Waals surface area (Å²) in [6.45, 7) is 4.35. The molecule has 0 spiro atoms. The molecule has 0 heterocycles. The fraction of sp³-hybridized carbons (Fsp3) is 1.00. The molecule has 0 amide bonds. The Morgan fingerprint density at radius 2 is 1.58 bits per heavy atom. The topological polar surface area (TPSA) is 14.1 Å². The Morgan fingerprint density at radius 3 is 2.00 bits per heavy atom. The molecule has 0 radical (unpaired) electrons. The van der Waals surface area contributed by atoms with Gasteiger partial charge in [-0.1, -0.05) is 46.0 Å². The van der Waals surface area contributed by atoms with Crippen molar-refractivity contribution in [2.75, 3.05) is 0 Å². The molecule has 0 aromatic carbocycles. The SMILES string of the molecule is CC(C)[N-]C1CCCCC1.[Br-].[Mg+2]. The summed E-state index contributed by atoms with van der Waals surface area (Å²) < 4.78 is 0. The second-order valence-electron chi connectivity index (χ2n) is 3.53. The second kappa shape index (κ2) is 8.79. The normalized spacial score (nSPS) is 18.2. The molecule has 0 N–H and O–H groups in total. The van der Waals surface area contributed by atoms with Crippen molar-refractivity contribution in [3.63, 3.8) is 0 Å². The van der Waals surface area contributed by atoms with Gasteiger partial charge in [0.05, 0.1) is 0 Å². The first kappa shape index (κ1) is 15.7. The average Bonchev–Trinajstić information content (AvgIpc) is 1.88. The summed E-state index contributed by atoms with van der Waals surface area (Å²) >= 11 is 0. The number of hydrogen-bond donors (Lipinski definition) is 0. The predicted octanol–water partition coefficient (Wildman–Crippen LogP) is -0.276. The molecule has 3 heteroatoms. The van der Waals surface area contributed by atoms with Crippen LogP contribution >= 0.6 is 0 Å². The zero-order valence-corrected chi connectivity index (χ0v) is 11.2. The Bertz CT molecular complexity index is 92.5. The third-order valence-corrected chi connectivity index (χ3v) is 2.08. The molecule has 0 aliphatic heterocycles. The van der Waals surface area contributed by atoms with Gasteiger partial charge in [-0.3, -0.25) is 0 Å². The van der Waals surface area contributed by atoms with E-state index < -0.39 is 0 Å².